The van der Waals surface area contributed by atoms with Crippen molar-refractivity contribution in [2.75, 3.05) is 25.9 Å². The molecule has 0 bridgehead atoms. The molecular weight excluding hydrogens is 372 g/mol. The molecule has 2 saturated heterocycles. The molecule has 2 aromatic rings. The van der Waals surface area contributed by atoms with Gasteiger partial charge in [0.15, 0.2) is 5.43 Å². The number of pyridine rings is 2. The van der Waals surface area contributed by atoms with Crippen LogP contribution < -0.4 is 16.5 Å². The number of aromatic nitrogens is 2. The Morgan fingerprint density at radius 2 is 2.00 bits per heavy atom. The third-order valence-electron chi connectivity index (χ3n) is 6.01. The zero-order valence-electron chi connectivity index (χ0n) is 16.7. The number of rotatable bonds is 2. The van der Waals surface area contributed by atoms with Gasteiger partial charge >= 0.3 is 0 Å². The molecule has 9 heteroatoms. The van der Waals surface area contributed by atoms with Crippen LogP contribution in [0, 0.1) is 6.92 Å². The number of H-pyrrole nitrogens is 1. The van der Waals surface area contributed by atoms with Crippen LogP contribution in [0.15, 0.2) is 22.8 Å². The Hall–Kier alpha value is -3.20. The summed E-state index contributed by atoms with van der Waals surface area (Å²) in [5.41, 5.74) is 6.96. The lowest BCUT2D eigenvalue weighted by Crippen LogP contribution is -2.57. The standard InChI is InChI=1S/C20H24N6O3/c1-11(16-12(2)23-14-8-15(21)22-9-13(14)18(16)28)17-19(29)24-20(26(17)10-27)4-6-25(3)7-5-20/h8-10H,4-7H2,1-3H3,(H2,21,22)(H,23,28)(H,24,29)/b17-11-. The van der Waals surface area contributed by atoms with Crippen LogP contribution in [-0.2, 0) is 9.59 Å². The Morgan fingerprint density at radius 1 is 1.31 bits per heavy atom. The predicted molar refractivity (Wildman–Crippen MR) is 110 cm³/mol. The van der Waals surface area contributed by atoms with Gasteiger partial charge in [-0.2, -0.15) is 0 Å². The number of amides is 2. The first kappa shape index (κ1) is 19.1. The van der Waals surface area contributed by atoms with Crippen LogP contribution in [0.25, 0.3) is 16.5 Å². The molecule has 4 N–H and O–H groups in total. The molecule has 2 aliphatic heterocycles. The Labute approximate surface area is 167 Å². The van der Waals surface area contributed by atoms with Crippen molar-refractivity contribution in [3.8, 4) is 0 Å². The summed E-state index contributed by atoms with van der Waals surface area (Å²) in [6.45, 7) is 4.99. The smallest absolute Gasteiger partial charge is 0.270 e. The van der Waals surface area contributed by atoms with Gasteiger partial charge in [-0.1, -0.05) is 0 Å². The van der Waals surface area contributed by atoms with E-state index in [4.69, 9.17) is 5.73 Å². The van der Waals surface area contributed by atoms with Gasteiger partial charge < -0.3 is 20.9 Å². The molecule has 0 unspecified atom stereocenters. The SMILES string of the molecule is C/C(=C1\C(=O)NC2(CCN(C)CC2)N1C=O)c1c(C)[nH]c2cc(N)ncc2c1=O. The van der Waals surface area contributed by atoms with Crippen molar-refractivity contribution >= 4 is 34.6 Å². The molecule has 2 fully saturated rings. The van der Waals surface area contributed by atoms with Crippen LogP contribution in [-0.4, -0.2) is 57.9 Å². The number of allylic oxidation sites excluding steroid dienone is 1. The van der Waals surface area contributed by atoms with Crippen LogP contribution in [0.2, 0.25) is 0 Å². The highest BCUT2D eigenvalue weighted by Crippen LogP contribution is 2.36. The molecule has 4 rings (SSSR count). The van der Waals surface area contributed by atoms with Gasteiger partial charge in [0.2, 0.25) is 6.41 Å². The molecule has 152 valence electrons. The number of anilines is 1. The normalized spacial score (nSPS) is 20.9. The van der Waals surface area contributed by atoms with Crippen molar-refractivity contribution in [3.05, 3.63) is 39.4 Å². The molecule has 2 aliphatic rings. The summed E-state index contributed by atoms with van der Waals surface area (Å²) in [5.74, 6) is -0.0321. The summed E-state index contributed by atoms with van der Waals surface area (Å²) in [5, 5.41) is 3.38. The molecule has 0 aliphatic carbocycles. The minimum atomic E-state index is -0.741. The van der Waals surface area contributed by atoms with Gasteiger partial charge in [0, 0.05) is 49.5 Å². The fraction of sp³-hybridized carbons (Fsp3) is 0.400. The topological polar surface area (TPSA) is 124 Å². The number of aromatic amines is 1. The van der Waals surface area contributed by atoms with Crippen molar-refractivity contribution in [2.24, 2.45) is 0 Å². The average Bonchev–Trinajstić information content (AvgIpc) is 2.94. The van der Waals surface area contributed by atoms with E-state index >= 15 is 0 Å². The maximum absolute atomic E-state index is 13.2. The van der Waals surface area contributed by atoms with E-state index in [9.17, 15) is 14.4 Å². The fourth-order valence-corrected chi connectivity index (χ4v) is 4.41. The number of piperidine rings is 1. The lowest BCUT2D eigenvalue weighted by Gasteiger charge is -2.41. The Bertz CT molecular complexity index is 1110. The van der Waals surface area contributed by atoms with Gasteiger partial charge in [0.25, 0.3) is 5.91 Å². The summed E-state index contributed by atoms with van der Waals surface area (Å²) in [6, 6.07) is 1.60. The van der Waals surface area contributed by atoms with E-state index in [-0.39, 0.29) is 17.0 Å². The number of hydrogen-bond donors (Lipinski definition) is 3. The third kappa shape index (κ3) is 2.89. The molecule has 1 spiro atoms. The monoisotopic (exact) mass is 396 g/mol. The highest BCUT2D eigenvalue weighted by molar-refractivity contribution is 6.05. The van der Waals surface area contributed by atoms with Crippen LogP contribution in [0.1, 0.15) is 31.0 Å². The van der Waals surface area contributed by atoms with Crippen molar-refractivity contribution in [1.82, 2.24) is 25.1 Å². The second-order valence-corrected chi connectivity index (χ2v) is 7.85. The van der Waals surface area contributed by atoms with E-state index < -0.39 is 5.66 Å². The zero-order valence-corrected chi connectivity index (χ0v) is 16.7. The maximum Gasteiger partial charge on any atom is 0.270 e. The molecule has 4 heterocycles. The molecule has 0 saturated carbocycles. The first-order chi connectivity index (χ1) is 13.8. The van der Waals surface area contributed by atoms with E-state index in [0.29, 0.717) is 52.8 Å². The summed E-state index contributed by atoms with van der Waals surface area (Å²) in [4.78, 5) is 49.0. The number of nitrogens with two attached hydrogens (primary N) is 1. The highest BCUT2D eigenvalue weighted by atomic mass is 16.2. The van der Waals surface area contributed by atoms with Gasteiger partial charge in [-0.05, 0) is 26.5 Å². The minimum Gasteiger partial charge on any atom is -0.384 e. The van der Waals surface area contributed by atoms with Crippen LogP contribution in [0.5, 0.6) is 0 Å². The van der Waals surface area contributed by atoms with Crippen LogP contribution in [0.3, 0.4) is 0 Å². The third-order valence-corrected chi connectivity index (χ3v) is 6.01. The Kier molecular flexibility index (Phi) is 4.42. The summed E-state index contributed by atoms with van der Waals surface area (Å²) in [6.07, 6.45) is 3.37. The molecule has 0 aromatic carbocycles. The number of carbonyl (C=O) groups is 2. The van der Waals surface area contributed by atoms with Gasteiger partial charge in [-0.25, -0.2) is 4.98 Å². The minimum absolute atomic E-state index is 0.223. The molecule has 0 atom stereocenters. The van der Waals surface area contributed by atoms with E-state index in [1.54, 1.807) is 19.9 Å². The van der Waals surface area contributed by atoms with Crippen LogP contribution >= 0.6 is 0 Å². The zero-order chi connectivity index (χ0) is 20.9. The van der Waals surface area contributed by atoms with Crippen molar-refractivity contribution in [2.45, 2.75) is 32.4 Å². The fourth-order valence-electron chi connectivity index (χ4n) is 4.41. The number of nitrogens with zero attached hydrogens (tertiary/aromatic N) is 3. The molecule has 9 nitrogen and oxygen atoms in total. The molecule has 2 aromatic heterocycles. The number of likely N-dealkylation sites (tertiary alicyclic amines) is 1. The van der Waals surface area contributed by atoms with Crippen LogP contribution in [0.4, 0.5) is 5.82 Å². The number of hydrogen-bond acceptors (Lipinski definition) is 6. The summed E-state index contributed by atoms with van der Waals surface area (Å²) in [7, 11) is 2.01. The second kappa shape index (κ2) is 6.70. The van der Waals surface area contributed by atoms with Crippen molar-refractivity contribution in [1.29, 1.82) is 0 Å². The number of nitrogen functional groups attached to an aromatic ring is 1. The average molecular weight is 396 g/mol. The molecule has 29 heavy (non-hydrogen) atoms. The summed E-state index contributed by atoms with van der Waals surface area (Å²) < 4.78 is 0. The number of fused-ring (bicyclic) bond motifs is 1. The van der Waals surface area contributed by atoms with Gasteiger partial charge in [0.1, 0.15) is 17.2 Å². The number of nitrogens with one attached hydrogen (secondary N) is 2. The lowest BCUT2D eigenvalue weighted by atomic mass is 9.96. The first-order valence-electron chi connectivity index (χ1n) is 9.52. The second-order valence-electron chi connectivity index (χ2n) is 7.85. The highest BCUT2D eigenvalue weighted by Gasteiger charge is 2.49. The Balaban J connectivity index is 1.89. The van der Waals surface area contributed by atoms with E-state index in [0.717, 1.165) is 13.1 Å². The van der Waals surface area contributed by atoms with E-state index in [1.807, 2.05) is 7.05 Å². The summed E-state index contributed by atoms with van der Waals surface area (Å²) >= 11 is 0. The van der Waals surface area contributed by atoms with Crippen molar-refractivity contribution < 1.29 is 9.59 Å². The van der Waals surface area contributed by atoms with E-state index in [2.05, 4.69) is 20.2 Å². The Morgan fingerprint density at radius 3 is 2.66 bits per heavy atom. The first-order valence-corrected chi connectivity index (χ1v) is 9.52. The maximum atomic E-state index is 13.2. The van der Waals surface area contributed by atoms with Gasteiger partial charge in [-0.15, -0.1) is 0 Å². The largest absolute Gasteiger partial charge is 0.384 e. The van der Waals surface area contributed by atoms with Gasteiger partial charge in [0.05, 0.1) is 10.9 Å². The quantitative estimate of drug-likeness (QED) is 0.503. The molecular formula is C20H24N6O3. The van der Waals surface area contributed by atoms with E-state index in [1.165, 1.54) is 11.1 Å². The molecule has 0 radical (unpaired) electrons. The van der Waals surface area contributed by atoms with Crippen molar-refractivity contribution in [3.63, 3.8) is 0 Å². The lowest BCUT2D eigenvalue weighted by molar-refractivity contribution is -0.122. The number of carbonyl (C=O) groups excluding carboxylic acids is 2. The molecule has 2 amide bonds. The van der Waals surface area contributed by atoms with Gasteiger partial charge in [-0.3, -0.25) is 19.3 Å². The number of aryl methyl sites for hydroxylation is 1. The predicted octanol–water partition coefficient (Wildman–Crippen LogP) is 0.555.